The zero-order valence-electron chi connectivity index (χ0n) is 16.3. The molecular weight excluding hydrogens is 368 g/mol. The molecular formula is C21H26N6S. The monoisotopic (exact) mass is 394 g/mol. The molecule has 3 aromatic rings. The fraction of sp³-hybridized carbons (Fsp3) is 0.476. The Kier molecular flexibility index (Phi) is 4.96. The quantitative estimate of drug-likeness (QED) is 0.736. The summed E-state index contributed by atoms with van der Waals surface area (Å²) in [6.07, 6.45) is 2.31. The van der Waals surface area contributed by atoms with Crippen molar-refractivity contribution in [2.24, 2.45) is 0 Å². The molecule has 6 nitrogen and oxygen atoms in total. The number of nitrogens with one attached hydrogen (secondary N) is 1. The number of nitrogens with zero attached hydrogens (tertiary/aromatic N) is 5. The lowest BCUT2D eigenvalue weighted by Crippen LogP contribution is -2.34. The van der Waals surface area contributed by atoms with Crippen molar-refractivity contribution in [2.75, 3.05) is 19.6 Å². The van der Waals surface area contributed by atoms with E-state index in [2.05, 4.69) is 61.6 Å². The van der Waals surface area contributed by atoms with E-state index in [9.17, 15) is 0 Å². The molecule has 7 heteroatoms. The highest BCUT2D eigenvalue weighted by Crippen LogP contribution is 2.29. The summed E-state index contributed by atoms with van der Waals surface area (Å²) in [7, 11) is 0. The van der Waals surface area contributed by atoms with E-state index in [1.807, 2.05) is 0 Å². The predicted octanol–water partition coefficient (Wildman–Crippen LogP) is 3.19. The van der Waals surface area contributed by atoms with E-state index in [1.165, 1.54) is 22.6 Å². The number of thiazole rings is 1. The van der Waals surface area contributed by atoms with Crippen LogP contribution in [0.3, 0.4) is 0 Å². The van der Waals surface area contributed by atoms with Crippen LogP contribution in [0.4, 0.5) is 0 Å². The molecule has 1 aromatic carbocycles. The highest BCUT2D eigenvalue weighted by Gasteiger charge is 2.27. The number of fused-ring (bicyclic) bond motifs is 1. The molecule has 28 heavy (non-hydrogen) atoms. The molecule has 2 aliphatic rings. The fourth-order valence-corrected chi connectivity index (χ4v) is 5.02. The lowest BCUT2D eigenvalue weighted by molar-refractivity contribution is 0.198. The summed E-state index contributed by atoms with van der Waals surface area (Å²) in [6, 6.07) is 8.64. The maximum atomic E-state index is 4.87. The summed E-state index contributed by atoms with van der Waals surface area (Å²) in [6.45, 7) is 8.12. The molecule has 146 valence electrons. The predicted molar refractivity (Wildman–Crippen MR) is 111 cm³/mol. The van der Waals surface area contributed by atoms with Crippen LogP contribution < -0.4 is 5.32 Å². The third kappa shape index (κ3) is 3.62. The summed E-state index contributed by atoms with van der Waals surface area (Å²) in [4.78, 5) is 7.40. The number of likely N-dealkylation sites (tertiary alicyclic amines) is 1. The van der Waals surface area contributed by atoms with E-state index >= 15 is 0 Å². The maximum absolute atomic E-state index is 4.87. The molecule has 4 heterocycles. The molecule has 2 aromatic heterocycles. The molecule has 0 spiro atoms. The van der Waals surface area contributed by atoms with Gasteiger partial charge >= 0.3 is 0 Å². The van der Waals surface area contributed by atoms with Gasteiger partial charge in [0.15, 0.2) is 0 Å². The van der Waals surface area contributed by atoms with E-state index in [1.54, 1.807) is 11.3 Å². The molecule has 2 aliphatic heterocycles. The number of rotatable bonds is 4. The highest BCUT2D eigenvalue weighted by atomic mass is 32.1. The van der Waals surface area contributed by atoms with Crippen molar-refractivity contribution in [1.82, 2.24) is 30.0 Å². The second-order valence-electron chi connectivity index (χ2n) is 7.86. The van der Waals surface area contributed by atoms with Crippen LogP contribution in [0.5, 0.6) is 0 Å². The zero-order chi connectivity index (χ0) is 18.9. The van der Waals surface area contributed by atoms with Crippen LogP contribution >= 0.6 is 11.3 Å². The number of hydrogen-bond donors (Lipinski definition) is 1. The van der Waals surface area contributed by atoms with Crippen LogP contribution in [0, 0.1) is 6.92 Å². The van der Waals surface area contributed by atoms with Gasteiger partial charge in [0.05, 0.1) is 12.2 Å². The SMILES string of the molecule is Cc1ccc(-c2nc(CN3CCC(c4nnc5n4CCNC5)CC3)cs2)cc1. The number of hydrogen-bond acceptors (Lipinski definition) is 6. The van der Waals surface area contributed by atoms with Crippen molar-refractivity contribution in [2.45, 2.75) is 45.3 Å². The average Bonchev–Trinajstić information content (AvgIpc) is 3.36. The summed E-state index contributed by atoms with van der Waals surface area (Å²) in [5.41, 5.74) is 3.69. The van der Waals surface area contributed by atoms with Crippen LogP contribution in [-0.2, 0) is 19.6 Å². The standard InChI is InChI=1S/C21H26N6S/c1-15-2-4-17(5-3-15)21-23-18(14-28-21)13-26-9-6-16(7-10-26)20-25-24-19-12-22-8-11-27(19)20/h2-5,14,16,22H,6-13H2,1H3. The molecule has 1 saturated heterocycles. The first-order valence-electron chi connectivity index (χ1n) is 10.1. The van der Waals surface area contributed by atoms with Gasteiger partial charge in [-0.15, -0.1) is 21.5 Å². The van der Waals surface area contributed by atoms with Crippen LogP contribution in [0.2, 0.25) is 0 Å². The lowest BCUT2D eigenvalue weighted by atomic mass is 9.95. The minimum Gasteiger partial charge on any atom is -0.312 e. The largest absolute Gasteiger partial charge is 0.312 e. The van der Waals surface area contributed by atoms with Gasteiger partial charge in [-0.3, -0.25) is 4.90 Å². The molecule has 0 atom stereocenters. The Morgan fingerprint density at radius 3 is 2.75 bits per heavy atom. The van der Waals surface area contributed by atoms with Gasteiger partial charge in [0.2, 0.25) is 0 Å². The van der Waals surface area contributed by atoms with Gasteiger partial charge < -0.3 is 9.88 Å². The van der Waals surface area contributed by atoms with Crippen molar-refractivity contribution in [1.29, 1.82) is 0 Å². The molecule has 1 fully saturated rings. The fourth-order valence-electron chi connectivity index (χ4n) is 4.20. The lowest BCUT2D eigenvalue weighted by Gasteiger charge is -2.31. The molecule has 0 saturated carbocycles. The number of piperidine rings is 1. The second-order valence-corrected chi connectivity index (χ2v) is 8.72. The molecule has 1 N–H and O–H groups in total. The molecule has 5 rings (SSSR count). The van der Waals surface area contributed by atoms with Crippen molar-refractivity contribution in [3.63, 3.8) is 0 Å². The van der Waals surface area contributed by atoms with Gasteiger partial charge in [-0.25, -0.2) is 4.98 Å². The van der Waals surface area contributed by atoms with Gasteiger partial charge in [-0.05, 0) is 32.9 Å². The molecule has 0 aliphatic carbocycles. The highest BCUT2D eigenvalue weighted by molar-refractivity contribution is 7.13. The van der Waals surface area contributed by atoms with Crippen molar-refractivity contribution >= 4 is 11.3 Å². The van der Waals surface area contributed by atoms with Crippen LogP contribution in [-0.4, -0.2) is 44.3 Å². The molecule has 0 amide bonds. The van der Waals surface area contributed by atoms with Gasteiger partial charge in [0.25, 0.3) is 0 Å². The first-order chi connectivity index (χ1) is 13.8. The molecule has 0 radical (unpaired) electrons. The van der Waals surface area contributed by atoms with Crippen LogP contribution in [0.1, 0.15) is 41.7 Å². The normalized spacial score (nSPS) is 18.3. The molecule has 0 unspecified atom stereocenters. The van der Waals surface area contributed by atoms with Crippen molar-refractivity contribution in [3.8, 4) is 10.6 Å². The van der Waals surface area contributed by atoms with E-state index in [4.69, 9.17) is 4.98 Å². The van der Waals surface area contributed by atoms with Gasteiger partial charge in [0.1, 0.15) is 16.7 Å². The number of benzene rings is 1. The minimum absolute atomic E-state index is 0.536. The first-order valence-corrected chi connectivity index (χ1v) is 11.0. The van der Waals surface area contributed by atoms with E-state index in [0.29, 0.717) is 5.92 Å². The Bertz CT molecular complexity index is 936. The topological polar surface area (TPSA) is 58.9 Å². The Hall–Kier alpha value is -2.09. The van der Waals surface area contributed by atoms with E-state index < -0.39 is 0 Å². The summed E-state index contributed by atoms with van der Waals surface area (Å²) in [5.74, 6) is 2.83. The van der Waals surface area contributed by atoms with Gasteiger partial charge in [-0.1, -0.05) is 29.8 Å². The van der Waals surface area contributed by atoms with Gasteiger partial charge in [0, 0.05) is 36.5 Å². The van der Waals surface area contributed by atoms with Crippen molar-refractivity contribution < 1.29 is 0 Å². The maximum Gasteiger partial charge on any atom is 0.147 e. The average molecular weight is 395 g/mol. The number of aromatic nitrogens is 4. The van der Waals surface area contributed by atoms with Crippen LogP contribution in [0.25, 0.3) is 10.6 Å². The zero-order valence-corrected chi connectivity index (χ0v) is 17.1. The smallest absolute Gasteiger partial charge is 0.147 e. The van der Waals surface area contributed by atoms with Crippen LogP contribution in [0.15, 0.2) is 29.6 Å². The summed E-state index contributed by atoms with van der Waals surface area (Å²) in [5, 5.41) is 15.6. The first kappa shape index (κ1) is 18.0. The third-order valence-electron chi connectivity index (χ3n) is 5.84. The minimum atomic E-state index is 0.536. The Morgan fingerprint density at radius 2 is 1.93 bits per heavy atom. The Morgan fingerprint density at radius 1 is 1.11 bits per heavy atom. The van der Waals surface area contributed by atoms with Gasteiger partial charge in [-0.2, -0.15) is 0 Å². The van der Waals surface area contributed by atoms with E-state index in [0.717, 1.165) is 62.9 Å². The summed E-state index contributed by atoms with van der Waals surface area (Å²) >= 11 is 1.75. The Balaban J connectivity index is 1.20. The second kappa shape index (κ2) is 7.73. The Labute approximate surface area is 169 Å². The summed E-state index contributed by atoms with van der Waals surface area (Å²) < 4.78 is 2.34. The molecule has 0 bridgehead atoms. The van der Waals surface area contributed by atoms with E-state index in [-0.39, 0.29) is 0 Å². The third-order valence-corrected chi connectivity index (χ3v) is 6.78. The number of aryl methyl sites for hydroxylation is 1. The van der Waals surface area contributed by atoms with Crippen molar-refractivity contribution in [3.05, 3.63) is 52.6 Å².